The van der Waals surface area contributed by atoms with Gasteiger partial charge in [0.2, 0.25) is 5.79 Å². The topological polar surface area (TPSA) is 261 Å². The molecule has 8 N–H and O–H groups in total. The Morgan fingerprint density at radius 3 is 1.90 bits per heavy atom. The van der Waals surface area contributed by atoms with Gasteiger partial charge in [-0.15, -0.1) is 0 Å². The zero-order valence-electron chi connectivity index (χ0n) is 26.3. The molecule has 17 nitrogen and oxygen atoms in total. The summed E-state index contributed by atoms with van der Waals surface area (Å²) in [5, 5.41) is 82.2. The molecular weight excluding hydrogens is 656 g/mol. The molecule has 2 aromatic carbocycles. The third-order valence-corrected chi connectivity index (χ3v) is 7.72. The monoisotopic (exact) mass is 694 g/mol. The van der Waals surface area contributed by atoms with E-state index < -0.39 is 86.6 Å². The first-order valence-electron chi connectivity index (χ1n) is 14.8. The fourth-order valence-corrected chi connectivity index (χ4v) is 5.06. The number of aliphatic hydroxyl groups excluding tert-OH is 6. The molecule has 17 heteroatoms. The molecule has 4 rings (SSSR count). The summed E-state index contributed by atoms with van der Waals surface area (Å²) in [6.07, 6.45) is -9.57. The second-order valence-electron chi connectivity index (χ2n) is 10.9. The van der Waals surface area contributed by atoms with Crippen LogP contribution in [0.2, 0.25) is 0 Å². The minimum Gasteiger partial charge on any atom is -0.504 e. The average molecular weight is 695 g/mol. The Kier molecular flexibility index (Phi) is 12.6. The summed E-state index contributed by atoms with van der Waals surface area (Å²) in [6.45, 7) is -2.61. The number of esters is 2. The van der Waals surface area contributed by atoms with E-state index in [4.69, 9.17) is 33.2 Å². The van der Waals surface area contributed by atoms with Crippen molar-refractivity contribution in [1.82, 2.24) is 0 Å². The molecule has 2 aliphatic rings. The van der Waals surface area contributed by atoms with Crippen molar-refractivity contribution in [2.45, 2.75) is 54.8 Å². The maximum absolute atomic E-state index is 12.8. The van der Waals surface area contributed by atoms with Crippen LogP contribution in [0, 0.1) is 0 Å². The summed E-state index contributed by atoms with van der Waals surface area (Å²) in [5.41, 5.74) is 0.898. The second kappa shape index (κ2) is 16.4. The fourth-order valence-electron chi connectivity index (χ4n) is 5.06. The molecule has 0 aliphatic carbocycles. The number of rotatable bonds is 13. The van der Waals surface area contributed by atoms with Crippen LogP contribution in [0.4, 0.5) is 0 Å². The molecule has 2 saturated heterocycles. The van der Waals surface area contributed by atoms with Gasteiger partial charge in [-0.05, 0) is 47.5 Å². The molecule has 49 heavy (non-hydrogen) atoms. The highest BCUT2D eigenvalue weighted by Gasteiger charge is 2.60. The van der Waals surface area contributed by atoms with Crippen LogP contribution in [-0.4, -0.2) is 142 Å². The number of phenolic OH excluding ortho intramolecular Hbond substituents is 2. The minimum atomic E-state index is -2.47. The van der Waals surface area contributed by atoms with Crippen molar-refractivity contribution in [2.75, 3.05) is 34.0 Å². The zero-order valence-corrected chi connectivity index (χ0v) is 26.3. The Hall–Kier alpha value is -4.30. The molecule has 268 valence electrons. The van der Waals surface area contributed by atoms with E-state index in [1.807, 2.05) is 0 Å². The fraction of sp³-hybridized carbons (Fsp3) is 0.438. The van der Waals surface area contributed by atoms with Gasteiger partial charge in [-0.3, -0.25) is 0 Å². The van der Waals surface area contributed by atoms with Gasteiger partial charge in [0.25, 0.3) is 0 Å². The first-order chi connectivity index (χ1) is 23.4. The van der Waals surface area contributed by atoms with Crippen LogP contribution < -0.4 is 9.47 Å². The van der Waals surface area contributed by atoms with Crippen LogP contribution in [0.5, 0.6) is 23.0 Å². The Balaban J connectivity index is 1.46. The summed E-state index contributed by atoms with van der Waals surface area (Å²) in [4.78, 5) is 25.2. The SMILES string of the molecule is COc1cc(C=CC(=O)OC[C@@H]2O[C@H](O[C@]3(CO)O[C@H](CO)[C@@H](O)[C@@H]3OC(=O)C=Cc3ccc(O)c(OC)c3)[C@H](O)[C@@H](O)[C@@H]2O)ccc1O. The van der Waals surface area contributed by atoms with Crippen molar-refractivity contribution in [1.29, 1.82) is 0 Å². The van der Waals surface area contributed by atoms with Gasteiger partial charge in [0.1, 0.15) is 49.8 Å². The lowest BCUT2D eigenvalue weighted by atomic mass is 9.99. The zero-order chi connectivity index (χ0) is 35.9. The number of carbonyl (C=O) groups excluding carboxylic acids is 2. The lowest BCUT2D eigenvalue weighted by Crippen LogP contribution is -2.63. The number of aromatic hydroxyl groups is 2. The maximum atomic E-state index is 12.8. The Morgan fingerprint density at radius 2 is 1.37 bits per heavy atom. The van der Waals surface area contributed by atoms with Gasteiger partial charge in [-0.25, -0.2) is 9.59 Å². The molecule has 2 aromatic rings. The number of carbonyl (C=O) groups is 2. The molecule has 0 saturated carbocycles. The third kappa shape index (κ3) is 8.66. The van der Waals surface area contributed by atoms with E-state index in [0.717, 1.165) is 12.2 Å². The van der Waals surface area contributed by atoms with E-state index >= 15 is 0 Å². The van der Waals surface area contributed by atoms with Crippen molar-refractivity contribution in [3.8, 4) is 23.0 Å². The highest BCUT2D eigenvalue weighted by Crippen LogP contribution is 2.38. The standard InChI is InChI=1S/C32H38O17/c1-43-20-11-16(3-7-18(20)35)5-9-24(37)45-14-23-26(39)28(41)29(42)31(46-23)49-32(15-34)30(27(40)22(13-33)48-32)47-25(38)10-6-17-4-8-19(36)21(12-17)44-2/h3-12,22-23,26-31,33-36,39-42H,13-15H2,1-2H3/t22-,23+,26-,27-,28+,29-,30+,31-,32+/m1/s1. The van der Waals surface area contributed by atoms with Crippen LogP contribution in [0.1, 0.15) is 11.1 Å². The molecule has 2 aliphatic heterocycles. The van der Waals surface area contributed by atoms with Gasteiger partial charge in [0.15, 0.2) is 35.4 Å². The smallest absolute Gasteiger partial charge is 0.331 e. The van der Waals surface area contributed by atoms with E-state index in [0.29, 0.717) is 11.1 Å². The number of ether oxygens (including phenoxy) is 7. The normalized spacial score (nSPS) is 30.0. The van der Waals surface area contributed by atoms with E-state index in [2.05, 4.69) is 0 Å². The summed E-state index contributed by atoms with van der Waals surface area (Å²) < 4.78 is 37.3. The highest BCUT2D eigenvalue weighted by molar-refractivity contribution is 5.88. The first-order valence-corrected chi connectivity index (χ1v) is 14.8. The first kappa shape index (κ1) is 37.5. The molecule has 2 heterocycles. The lowest BCUT2D eigenvalue weighted by molar-refractivity contribution is -0.383. The lowest BCUT2D eigenvalue weighted by Gasteiger charge is -2.43. The quantitative estimate of drug-likeness (QED) is 0.0882. The van der Waals surface area contributed by atoms with Crippen molar-refractivity contribution < 1.29 is 83.6 Å². The predicted molar refractivity (Wildman–Crippen MR) is 164 cm³/mol. The molecule has 9 atom stereocenters. The Bertz CT molecular complexity index is 1510. The van der Waals surface area contributed by atoms with Crippen LogP contribution in [0.25, 0.3) is 12.2 Å². The number of hydrogen-bond donors (Lipinski definition) is 8. The molecular formula is C32H38O17. The van der Waals surface area contributed by atoms with Gasteiger partial charge >= 0.3 is 11.9 Å². The molecule has 0 aromatic heterocycles. The van der Waals surface area contributed by atoms with Gasteiger partial charge in [-0.1, -0.05) is 12.1 Å². The molecule has 0 spiro atoms. The molecule has 2 fully saturated rings. The van der Waals surface area contributed by atoms with Crippen molar-refractivity contribution in [3.05, 3.63) is 59.7 Å². The molecule has 0 amide bonds. The number of aliphatic hydroxyl groups is 6. The van der Waals surface area contributed by atoms with E-state index in [-0.39, 0.29) is 23.0 Å². The highest BCUT2D eigenvalue weighted by atomic mass is 16.8. The van der Waals surface area contributed by atoms with Crippen LogP contribution in [0.15, 0.2) is 48.6 Å². The van der Waals surface area contributed by atoms with E-state index in [9.17, 15) is 50.4 Å². The summed E-state index contributed by atoms with van der Waals surface area (Å²) in [7, 11) is 2.69. The summed E-state index contributed by atoms with van der Waals surface area (Å²) in [6, 6.07) is 8.54. The average Bonchev–Trinajstić information content (AvgIpc) is 3.36. The van der Waals surface area contributed by atoms with Crippen molar-refractivity contribution in [2.24, 2.45) is 0 Å². The molecule has 0 bridgehead atoms. The molecule has 0 radical (unpaired) electrons. The Labute approximate surface area is 279 Å². The Morgan fingerprint density at radius 1 is 0.796 bits per heavy atom. The number of benzene rings is 2. The second-order valence-corrected chi connectivity index (χ2v) is 10.9. The largest absolute Gasteiger partial charge is 0.504 e. The van der Waals surface area contributed by atoms with Crippen molar-refractivity contribution >= 4 is 24.1 Å². The van der Waals surface area contributed by atoms with Gasteiger partial charge in [0.05, 0.1) is 20.8 Å². The van der Waals surface area contributed by atoms with Crippen molar-refractivity contribution in [3.63, 3.8) is 0 Å². The predicted octanol–water partition coefficient (Wildman–Crippen LogP) is -1.44. The van der Waals surface area contributed by atoms with Crippen LogP contribution in [-0.2, 0) is 33.3 Å². The number of phenols is 2. The molecule has 0 unspecified atom stereocenters. The van der Waals surface area contributed by atoms with Crippen LogP contribution in [0.3, 0.4) is 0 Å². The summed E-state index contributed by atoms with van der Waals surface area (Å²) >= 11 is 0. The minimum absolute atomic E-state index is 0.108. The third-order valence-electron chi connectivity index (χ3n) is 7.72. The number of methoxy groups -OCH3 is 2. The van der Waals surface area contributed by atoms with Gasteiger partial charge in [0, 0.05) is 12.2 Å². The van der Waals surface area contributed by atoms with E-state index in [1.165, 1.54) is 62.8 Å². The number of hydrogen-bond acceptors (Lipinski definition) is 17. The summed E-state index contributed by atoms with van der Waals surface area (Å²) in [5.74, 6) is -4.38. The van der Waals surface area contributed by atoms with Gasteiger partial charge < -0.3 is 74.0 Å². The van der Waals surface area contributed by atoms with E-state index in [1.54, 1.807) is 0 Å². The van der Waals surface area contributed by atoms with Gasteiger partial charge in [-0.2, -0.15) is 0 Å². The maximum Gasteiger partial charge on any atom is 0.331 e. The van der Waals surface area contributed by atoms with Crippen LogP contribution >= 0.6 is 0 Å².